The summed E-state index contributed by atoms with van der Waals surface area (Å²) in [7, 11) is -3.02. The fraction of sp³-hybridized carbons (Fsp3) is 0.450. The van der Waals surface area contributed by atoms with Crippen LogP contribution in [-0.4, -0.2) is 58.1 Å². The van der Waals surface area contributed by atoms with Crippen molar-refractivity contribution < 1.29 is 33.0 Å². The molecule has 1 saturated heterocycles. The van der Waals surface area contributed by atoms with E-state index in [2.05, 4.69) is 14.8 Å². The van der Waals surface area contributed by atoms with Crippen molar-refractivity contribution in [3.05, 3.63) is 63.4 Å². The van der Waals surface area contributed by atoms with Gasteiger partial charge < -0.3 is 24.8 Å². The number of nitrogens with one attached hydrogen (secondary N) is 2. The van der Waals surface area contributed by atoms with Crippen LogP contribution < -0.4 is 26.6 Å². The lowest BCUT2D eigenvalue weighted by molar-refractivity contribution is -0.142. The van der Waals surface area contributed by atoms with Gasteiger partial charge >= 0.3 is 19.4 Å². The molecule has 1 aliphatic rings. The van der Waals surface area contributed by atoms with Crippen LogP contribution in [-0.2, 0) is 23.4 Å². The Kier molecular flexibility index (Phi) is 7.76. The number of aliphatic hydroxyl groups is 1. The third kappa shape index (κ3) is 5.63. The summed E-state index contributed by atoms with van der Waals surface area (Å²) in [5.74, 6) is -0.505. The topological polar surface area (TPSA) is 184 Å². The number of ether oxygens (including phenoxy) is 2. The highest BCUT2D eigenvalue weighted by atomic mass is 31.2. The average molecular weight is 498 g/mol. The Morgan fingerprint density at radius 2 is 2.03 bits per heavy atom. The molecule has 186 valence electrons. The molecule has 1 aromatic carbocycles. The summed E-state index contributed by atoms with van der Waals surface area (Å²) in [6.07, 6.45) is -2.48. The van der Waals surface area contributed by atoms with Crippen LogP contribution >= 0.6 is 7.75 Å². The minimum Gasteiger partial charge on any atom is -0.468 e. The zero-order chi connectivity index (χ0) is 25.1. The second-order valence-electron chi connectivity index (χ2n) is 7.93. The van der Waals surface area contributed by atoms with Crippen LogP contribution in [0.15, 0.2) is 52.2 Å². The lowest BCUT2D eigenvalue weighted by Crippen LogP contribution is -2.53. The number of carbonyl (C=O) groups is 1. The van der Waals surface area contributed by atoms with Crippen molar-refractivity contribution in [2.24, 2.45) is 5.73 Å². The first kappa shape index (κ1) is 25.8. The van der Waals surface area contributed by atoms with Crippen molar-refractivity contribution in [3.63, 3.8) is 0 Å². The number of benzene rings is 1. The van der Waals surface area contributed by atoms with E-state index in [0.29, 0.717) is 0 Å². The molecule has 14 heteroatoms. The molecule has 3 rings (SSSR count). The molecule has 5 N–H and O–H groups in total. The summed E-state index contributed by atoms with van der Waals surface area (Å²) in [4.78, 5) is 37.5. The second-order valence-corrected chi connectivity index (χ2v) is 9.62. The number of hydrogen-bond donors (Lipinski definition) is 4. The number of para-hydroxylation sites is 1. The lowest BCUT2D eigenvalue weighted by atomic mass is 9.93. The van der Waals surface area contributed by atoms with Crippen molar-refractivity contribution >= 4 is 13.7 Å². The molecule has 0 amide bonds. The summed E-state index contributed by atoms with van der Waals surface area (Å²) < 4.78 is 35.9. The van der Waals surface area contributed by atoms with E-state index in [4.69, 9.17) is 19.5 Å². The fourth-order valence-electron chi connectivity index (χ4n) is 3.39. The molecular weight excluding hydrogens is 471 g/mol. The van der Waals surface area contributed by atoms with E-state index in [1.54, 1.807) is 18.2 Å². The van der Waals surface area contributed by atoms with E-state index in [-0.39, 0.29) is 5.75 Å². The monoisotopic (exact) mass is 498 g/mol. The first-order valence-electron chi connectivity index (χ1n) is 10.3. The van der Waals surface area contributed by atoms with Gasteiger partial charge in [0, 0.05) is 12.3 Å². The molecule has 0 spiro atoms. The number of rotatable bonds is 9. The number of methoxy groups -OCH3 is 1. The highest BCUT2D eigenvalue weighted by Gasteiger charge is 2.52. The van der Waals surface area contributed by atoms with E-state index in [0.717, 1.165) is 10.6 Å². The average Bonchev–Trinajstić information content (AvgIpc) is 3.01. The van der Waals surface area contributed by atoms with E-state index in [1.165, 1.54) is 39.3 Å². The molecule has 1 fully saturated rings. The van der Waals surface area contributed by atoms with Crippen LogP contribution in [0.1, 0.15) is 20.1 Å². The van der Waals surface area contributed by atoms with E-state index in [1.807, 2.05) is 0 Å². The largest absolute Gasteiger partial charge is 0.468 e. The zero-order valence-corrected chi connectivity index (χ0v) is 19.6. The van der Waals surface area contributed by atoms with E-state index in [9.17, 15) is 24.1 Å². The highest BCUT2D eigenvalue weighted by molar-refractivity contribution is 7.52. The maximum atomic E-state index is 13.5. The standard InChI is InChI=1S/C20H27N4O9P/c1-12(17(27)30-3)23-34(29,33-13-7-5-4-6-8-13)31-11-14-16(26)20(2,21)18(32-14)24-10-9-15(25)22-19(24)28/h4-10,12,14,16,18,26H,11,21H2,1-3H3,(H,23,29)(H,22,25,28). The highest BCUT2D eigenvalue weighted by Crippen LogP contribution is 2.46. The molecule has 2 heterocycles. The smallest absolute Gasteiger partial charge is 0.459 e. The van der Waals surface area contributed by atoms with Gasteiger partial charge in [0.25, 0.3) is 5.56 Å². The van der Waals surface area contributed by atoms with Gasteiger partial charge in [0.15, 0.2) is 6.23 Å². The van der Waals surface area contributed by atoms with Gasteiger partial charge in [0.05, 0.1) is 19.3 Å². The summed E-state index contributed by atoms with van der Waals surface area (Å²) >= 11 is 0. The van der Waals surface area contributed by atoms with Crippen molar-refractivity contribution in [2.45, 2.75) is 43.9 Å². The summed E-state index contributed by atoms with van der Waals surface area (Å²) in [5.41, 5.74) is 3.37. The first-order chi connectivity index (χ1) is 16.0. The quantitative estimate of drug-likeness (QED) is 0.267. The van der Waals surface area contributed by atoms with E-state index >= 15 is 0 Å². The Balaban J connectivity index is 1.80. The number of hydrogen-bond acceptors (Lipinski definition) is 10. The molecule has 13 nitrogen and oxygen atoms in total. The molecule has 0 aliphatic carbocycles. The molecule has 2 aromatic rings. The Hall–Kier alpha value is -2.80. The molecule has 1 aromatic heterocycles. The maximum Gasteiger partial charge on any atom is 0.459 e. The molecule has 0 bridgehead atoms. The number of carbonyl (C=O) groups excluding carboxylic acids is 1. The fourth-order valence-corrected chi connectivity index (χ4v) is 4.89. The first-order valence-corrected chi connectivity index (χ1v) is 11.8. The van der Waals surface area contributed by atoms with Crippen molar-refractivity contribution in [2.75, 3.05) is 13.7 Å². The zero-order valence-electron chi connectivity index (χ0n) is 18.7. The Labute approximate surface area is 194 Å². The van der Waals surface area contributed by atoms with Crippen LogP contribution in [0.25, 0.3) is 0 Å². The summed E-state index contributed by atoms with van der Waals surface area (Å²) in [6.45, 7) is 2.39. The SMILES string of the molecule is COC(=O)C(C)NP(=O)(OCC1OC(n2ccc(=O)[nH]c2=O)C(C)(N)C1O)Oc1ccccc1. The van der Waals surface area contributed by atoms with Crippen LogP contribution in [0.5, 0.6) is 5.75 Å². The van der Waals surface area contributed by atoms with Gasteiger partial charge in [-0.3, -0.25) is 23.7 Å². The van der Waals surface area contributed by atoms with Gasteiger partial charge in [0.1, 0.15) is 24.0 Å². The van der Waals surface area contributed by atoms with Gasteiger partial charge in [-0.1, -0.05) is 18.2 Å². The Morgan fingerprint density at radius 3 is 2.65 bits per heavy atom. The normalized spacial score (nSPS) is 27.0. The van der Waals surface area contributed by atoms with Crippen LogP contribution in [0, 0.1) is 0 Å². The molecule has 0 saturated carbocycles. The van der Waals surface area contributed by atoms with Gasteiger partial charge in [-0.25, -0.2) is 9.36 Å². The molecule has 0 radical (unpaired) electrons. The summed E-state index contributed by atoms with van der Waals surface area (Å²) in [5, 5.41) is 13.2. The lowest BCUT2D eigenvalue weighted by Gasteiger charge is -2.28. The predicted molar refractivity (Wildman–Crippen MR) is 119 cm³/mol. The molecule has 6 unspecified atom stereocenters. The minimum atomic E-state index is -4.19. The number of aromatic nitrogens is 2. The molecule has 34 heavy (non-hydrogen) atoms. The molecular formula is C20H27N4O9P. The van der Waals surface area contributed by atoms with Crippen molar-refractivity contribution in [1.82, 2.24) is 14.6 Å². The van der Waals surface area contributed by atoms with Gasteiger partial charge in [-0.2, -0.15) is 5.09 Å². The van der Waals surface area contributed by atoms with Crippen molar-refractivity contribution in [3.8, 4) is 5.75 Å². The Morgan fingerprint density at radius 1 is 1.35 bits per heavy atom. The number of aromatic amines is 1. The van der Waals surface area contributed by atoms with Gasteiger partial charge in [-0.05, 0) is 26.0 Å². The van der Waals surface area contributed by atoms with Gasteiger partial charge in [-0.15, -0.1) is 0 Å². The predicted octanol–water partition coefficient (Wildman–Crippen LogP) is -0.133. The Bertz CT molecular complexity index is 1170. The molecule has 6 atom stereocenters. The van der Waals surface area contributed by atoms with Crippen LogP contribution in [0.4, 0.5) is 0 Å². The maximum absolute atomic E-state index is 13.5. The minimum absolute atomic E-state index is 0.199. The number of nitrogens with zero attached hydrogens (tertiary/aromatic N) is 1. The van der Waals surface area contributed by atoms with E-state index < -0.39 is 61.6 Å². The second kappa shape index (κ2) is 10.2. The number of nitrogens with two attached hydrogens (primary N) is 1. The van der Waals surface area contributed by atoms with Crippen LogP contribution in [0.2, 0.25) is 0 Å². The number of aliphatic hydroxyl groups excluding tert-OH is 1. The molecule has 1 aliphatic heterocycles. The summed E-state index contributed by atoms with van der Waals surface area (Å²) in [6, 6.07) is 8.16. The van der Waals surface area contributed by atoms with Crippen molar-refractivity contribution in [1.29, 1.82) is 0 Å². The number of H-pyrrole nitrogens is 1. The third-order valence-electron chi connectivity index (χ3n) is 5.21. The van der Waals surface area contributed by atoms with Gasteiger partial charge in [0.2, 0.25) is 0 Å². The third-order valence-corrected chi connectivity index (χ3v) is 6.86. The van der Waals surface area contributed by atoms with Crippen LogP contribution in [0.3, 0.4) is 0 Å². The number of esters is 1.